The Balaban J connectivity index is 2.26. The molecule has 1 fully saturated rings. The number of halogens is 1. The van der Waals surface area contributed by atoms with Crippen LogP contribution in [0.3, 0.4) is 0 Å². The molecule has 1 N–H and O–H groups in total. The highest BCUT2D eigenvalue weighted by molar-refractivity contribution is 14.1. The molecule has 0 bridgehead atoms. The summed E-state index contributed by atoms with van der Waals surface area (Å²) in [6.07, 6.45) is -2.10. The Morgan fingerprint density at radius 1 is 1.32 bits per heavy atom. The van der Waals surface area contributed by atoms with E-state index in [0.29, 0.717) is 0 Å². The van der Waals surface area contributed by atoms with Crippen LogP contribution in [0.4, 0.5) is 0 Å². The van der Waals surface area contributed by atoms with Gasteiger partial charge >= 0.3 is 10.3 Å². The van der Waals surface area contributed by atoms with E-state index in [0.717, 1.165) is 9.13 Å². The smallest absolute Gasteiger partial charge is 0.338 e. The summed E-state index contributed by atoms with van der Waals surface area (Å²) in [7, 11) is -2.56. The van der Waals surface area contributed by atoms with Crippen LogP contribution in [0.2, 0.25) is 0 Å². The third-order valence-electron chi connectivity index (χ3n) is 2.59. The Hall–Kier alpha value is -0.260. The van der Waals surface area contributed by atoms with Crippen LogP contribution in [-0.2, 0) is 24.0 Å². The van der Waals surface area contributed by atoms with Crippen LogP contribution in [-0.4, -0.2) is 28.0 Å². The normalized spacial score (nSPS) is 27.6. The molecule has 0 saturated carbocycles. The number of hydrogen-bond donors (Lipinski definition) is 1. The van der Waals surface area contributed by atoms with E-state index in [2.05, 4.69) is 27.3 Å². The van der Waals surface area contributed by atoms with Gasteiger partial charge in [0.25, 0.3) is 0 Å². The zero-order chi connectivity index (χ0) is 14.0. The summed E-state index contributed by atoms with van der Waals surface area (Å²) in [6.45, 7) is 1.69. The summed E-state index contributed by atoms with van der Waals surface area (Å²) in [5.74, 6) is 0. The molecule has 8 heteroatoms. The molecule has 3 atom stereocenters. The molecule has 0 spiro atoms. The van der Waals surface area contributed by atoms with Gasteiger partial charge in [-0.1, -0.05) is 18.2 Å². The van der Waals surface area contributed by atoms with Crippen LogP contribution in [0.15, 0.2) is 24.3 Å². The topological polar surface area (TPSA) is 73.9 Å². The Kier molecular flexibility index (Phi) is 4.79. The van der Waals surface area contributed by atoms with Crippen LogP contribution in [0, 0.1) is 3.57 Å². The van der Waals surface area contributed by atoms with E-state index in [1.807, 2.05) is 24.3 Å². The first-order chi connectivity index (χ1) is 8.93. The average Bonchev–Trinajstić information content (AvgIpc) is 2.70. The predicted octanol–water partition coefficient (Wildman–Crippen LogP) is 1.53. The first-order valence-corrected chi connectivity index (χ1v) is 8.09. The highest BCUT2D eigenvalue weighted by Gasteiger charge is 2.39. The lowest BCUT2D eigenvalue weighted by Gasteiger charge is -2.18. The van der Waals surface area contributed by atoms with E-state index in [1.165, 1.54) is 7.05 Å². The maximum Gasteiger partial charge on any atom is 0.338 e. The minimum atomic E-state index is -3.84. The van der Waals surface area contributed by atoms with Gasteiger partial charge in [-0.15, -0.1) is 0 Å². The summed E-state index contributed by atoms with van der Waals surface area (Å²) < 4.78 is 41.8. The fraction of sp³-hybridized carbons (Fsp3) is 0.455. The van der Waals surface area contributed by atoms with Crippen LogP contribution in [0.5, 0.6) is 0 Å². The molecule has 0 aromatic heterocycles. The molecule has 1 aliphatic rings. The minimum Gasteiger partial charge on any atom is -0.340 e. The fourth-order valence-electron chi connectivity index (χ4n) is 1.73. The quantitative estimate of drug-likeness (QED) is 0.778. The van der Waals surface area contributed by atoms with E-state index in [-0.39, 0.29) is 0 Å². The van der Waals surface area contributed by atoms with E-state index >= 15 is 0 Å². The lowest BCUT2D eigenvalue weighted by atomic mass is 10.1. The molecule has 0 amide bonds. The summed E-state index contributed by atoms with van der Waals surface area (Å²) in [5.41, 5.74) is 0.837. The van der Waals surface area contributed by atoms with Gasteiger partial charge in [-0.25, -0.2) is 4.18 Å². The van der Waals surface area contributed by atoms with Crippen molar-refractivity contribution in [2.24, 2.45) is 0 Å². The van der Waals surface area contributed by atoms with Crippen molar-refractivity contribution < 1.29 is 22.1 Å². The molecule has 1 aliphatic heterocycles. The summed E-state index contributed by atoms with van der Waals surface area (Å²) in [4.78, 5) is 0. The van der Waals surface area contributed by atoms with Gasteiger partial charge in [0.15, 0.2) is 6.29 Å². The lowest BCUT2D eigenvalue weighted by Crippen LogP contribution is -2.30. The van der Waals surface area contributed by atoms with Crippen LogP contribution in [0.1, 0.15) is 18.6 Å². The van der Waals surface area contributed by atoms with Gasteiger partial charge in [-0.3, -0.25) is 0 Å². The Morgan fingerprint density at radius 2 is 2.00 bits per heavy atom. The van der Waals surface area contributed by atoms with Gasteiger partial charge in [0.1, 0.15) is 6.10 Å². The van der Waals surface area contributed by atoms with Crippen LogP contribution >= 0.6 is 22.6 Å². The van der Waals surface area contributed by atoms with E-state index in [1.54, 1.807) is 6.92 Å². The molecule has 2 rings (SSSR count). The molecular formula is C11H14INO5S. The summed E-state index contributed by atoms with van der Waals surface area (Å²) >= 11 is 2.16. The minimum absolute atomic E-state index is 0.530. The van der Waals surface area contributed by atoms with Crippen molar-refractivity contribution in [1.82, 2.24) is 4.72 Å². The van der Waals surface area contributed by atoms with Gasteiger partial charge in [0.2, 0.25) is 6.29 Å². The van der Waals surface area contributed by atoms with Crippen molar-refractivity contribution in [1.29, 1.82) is 0 Å². The SMILES string of the molecule is CNS(=O)(=O)OC1OC(C)OC1c1ccccc1I. The predicted molar refractivity (Wildman–Crippen MR) is 76.4 cm³/mol. The second kappa shape index (κ2) is 6.02. The van der Waals surface area contributed by atoms with Gasteiger partial charge in [-0.05, 0) is 41.1 Å². The van der Waals surface area contributed by atoms with Gasteiger partial charge in [-0.2, -0.15) is 13.1 Å². The molecule has 0 radical (unpaired) electrons. The van der Waals surface area contributed by atoms with Crippen LogP contribution < -0.4 is 4.72 Å². The second-order valence-electron chi connectivity index (χ2n) is 3.90. The Morgan fingerprint density at radius 3 is 2.63 bits per heavy atom. The first kappa shape index (κ1) is 15.1. The zero-order valence-electron chi connectivity index (χ0n) is 10.4. The van der Waals surface area contributed by atoms with Crippen LogP contribution in [0.25, 0.3) is 0 Å². The molecule has 0 aliphatic carbocycles. The average molecular weight is 399 g/mol. The van der Waals surface area contributed by atoms with E-state index < -0.39 is 29.0 Å². The Labute approximate surface area is 125 Å². The maximum atomic E-state index is 11.5. The van der Waals surface area contributed by atoms with Crippen molar-refractivity contribution in [3.63, 3.8) is 0 Å². The number of ether oxygens (including phenoxy) is 2. The van der Waals surface area contributed by atoms with Crippen molar-refractivity contribution in [2.45, 2.75) is 25.6 Å². The van der Waals surface area contributed by atoms with Gasteiger partial charge < -0.3 is 9.47 Å². The molecule has 1 heterocycles. The number of benzene rings is 1. The largest absolute Gasteiger partial charge is 0.340 e. The standard InChI is InChI=1S/C11H14INO5S/c1-7-16-10(8-5-3-4-6-9(8)12)11(17-7)18-19(14,15)13-2/h3-7,10-11,13H,1-2H3. The first-order valence-electron chi connectivity index (χ1n) is 5.60. The van der Waals surface area contributed by atoms with E-state index in [9.17, 15) is 8.42 Å². The molecule has 6 nitrogen and oxygen atoms in total. The number of rotatable bonds is 4. The second-order valence-corrected chi connectivity index (χ2v) is 6.58. The molecule has 106 valence electrons. The van der Waals surface area contributed by atoms with Crippen molar-refractivity contribution in [2.75, 3.05) is 7.05 Å². The summed E-state index contributed by atoms with van der Waals surface area (Å²) in [5, 5.41) is 0. The third kappa shape index (κ3) is 3.64. The highest BCUT2D eigenvalue weighted by atomic mass is 127. The van der Waals surface area contributed by atoms with E-state index in [4.69, 9.17) is 13.7 Å². The lowest BCUT2D eigenvalue weighted by molar-refractivity contribution is -0.0908. The van der Waals surface area contributed by atoms with Gasteiger partial charge in [0.05, 0.1) is 0 Å². The maximum absolute atomic E-state index is 11.5. The molecule has 3 unspecified atom stereocenters. The monoisotopic (exact) mass is 399 g/mol. The fourth-order valence-corrected chi connectivity index (χ4v) is 2.92. The Bertz CT molecular complexity index is 550. The molecule has 1 aromatic carbocycles. The number of hydrogen-bond acceptors (Lipinski definition) is 5. The molecule has 1 aromatic rings. The van der Waals surface area contributed by atoms with Crippen molar-refractivity contribution in [3.05, 3.63) is 33.4 Å². The molecule has 19 heavy (non-hydrogen) atoms. The number of nitrogens with one attached hydrogen (secondary N) is 1. The molecule has 1 saturated heterocycles. The zero-order valence-corrected chi connectivity index (χ0v) is 13.3. The van der Waals surface area contributed by atoms with Crippen molar-refractivity contribution in [3.8, 4) is 0 Å². The summed E-state index contributed by atoms with van der Waals surface area (Å²) in [6, 6.07) is 7.51. The third-order valence-corrected chi connectivity index (χ3v) is 4.52. The highest BCUT2D eigenvalue weighted by Crippen LogP contribution is 2.35. The van der Waals surface area contributed by atoms with Gasteiger partial charge in [0, 0.05) is 10.6 Å². The van der Waals surface area contributed by atoms with Crippen molar-refractivity contribution >= 4 is 32.9 Å². The molecular weight excluding hydrogens is 385 g/mol.